The largest absolute Gasteiger partial charge is 0.314 e. The number of rotatable bonds is 1. The molecule has 1 aromatic rings. The van der Waals surface area contributed by atoms with Gasteiger partial charge in [0.25, 0.3) is 0 Å². The first-order valence-electron chi connectivity index (χ1n) is 6.20. The molecule has 1 aliphatic heterocycles. The minimum absolute atomic E-state index is 0.188. The highest BCUT2D eigenvalue weighted by atomic mass is 16.2. The number of likely N-dealkylation sites (N-methyl/N-ethyl adjacent to an activating group) is 1. The van der Waals surface area contributed by atoms with Crippen LogP contribution in [-0.2, 0) is 10.2 Å². The lowest BCUT2D eigenvalue weighted by Crippen LogP contribution is -2.33. The highest BCUT2D eigenvalue weighted by Crippen LogP contribution is 2.42. The molecule has 1 heterocycles. The van der Waals surface area contributed by atoms with E-state index in [1.165, 1.54) is 11.1 Å². The predicted molar refractivity (Wildman–Crippen MR) is 71.7 cm³/mol. The number of hydrogen-bond donors (Lipinski definition) is 0. The molecule has 0 N–H and O–H groups in total. The molecule has 0 spiro atoms. The van der Waals surface area contributed by atoms with E-state index in [2.05, 4.69) is 32.9 Å². The number of carbonyl (C=O) groups is 1. The molecular weight excluding hydrogens is 210 g/mol. The van der Waals surface area contributed by atoms with Crippen LogP contribution in [0.25, 0.3) is 0 Å². The van der Waals surface area contributed by atoms with Gasteiger partial charge in [-0.2, -0.15) is 0 Å². The summed E-state index contributed by atoms with van der Waals surface area (Å²) in [5.41, 5.74) is 4.47. The Labute approximate surface area is 104 Å². The van der Waals surface area contributed by atoms with Crippen LogP contribution in [0.5, 0.6) is 0 Å². The molecule has 1 aromatic carbocycles. The highest BCUT2D eigenvalue weighted by Gasteiger charge is 2.42. The lowest BCUT2D eigenvalue weighted by atomic mass is 9.83. The Hall–Kier alpha value is -1.31. The van der Waals surface area contributed by atoms with Gasteiger partial charge in [0, 0.05) is 12.7 Å². The summed E-state index contributed by atoms with van der Waals surface area (Å²) in [5.74, 6) is 0.681. The molecule has 17 heavy (non-hydrogen) atoms. The van der Waals surface area contributed by atoms with Crippen molar-refractivity contribution in [2.75, 3.05) is 11.9 Å². The molecule has 0 fully saturated rings. The fourth-order valence-corrected chi connectivity index (χ4v) is 2.76. The second kappa shape index (κ2) is 3.59. The maximum atomic E-state index is 12.2. The van der Waals surface area contributed by atoms with Crippen LogP contribution >= 0.6 is 0 Å². The van der Waals surface area contributed by atoms with Gasteiger partial charge < -0.3 is 4.90 Å². The summed E-state index contributed by atoms with van der Waals surface area (Å²) in [5, 5.41) is 0. The summed E-state index contributed by atoms with van der Waals surface area (Å²) >= 11 is 0. The molecule has 1 amide bonds. The van der Waals surface area contributed by atoms with Crippen LogP contribution in [0.3, 0.4) is 0 Å². The van der Waals surface area contributed by atoms with Crippen LogP contribution in [0.1, 0.15) is 50.3 Å². The van der Waals surface area contributed by atoms with Crippen LogP contribution in [0.4, 0.5) is 5.69 Å². The third-order valence-electron chi connectivity index (χ3n) is 3.88. The van der Waals surface area contributed by atoms with E-state index in [0.29, 0.717) is 5.92 Å². The zero-order valence-electron chi connectivity index (χ0n) is 11.6. The Morgan fingerprint density at radius 2 is 1.82 bits per heavy atom. The van der Waals surface area contributed by atoms with Crippen LogP contribution in [0.2, 0.25) is 0 Å². The van der Waals surface area contributed by atoms with Gasteiger partial charge in [-0.15, -0.1) is 0 Å². The number of amides is 1. The average Bonchev–Trinajstić information content (AvgIpc) is 2.40. The van der Waals surface area contributed by atoms with E-state index in [0.717, 1.165) is 11.3 Å². The lowest BCUT2D eigenvalue weighted by Gasteiger charge is -2.17. The fourth-order valence-electron chi connectivity index (χ4n) is 2.76. The zero-order chi connectivity index (χ0) is 13.0. The van der Waals surface area contributed by atoms with Gasteiger partial charge >= 0.3 is 0 Å². The Kier molecular flexibility index (Phi) is 2.57. The Morgan fingerprint density at radius 3 is 2.35 bits per heavy atom. The fraction of sp³-hybridized carbons (Fsp3) is 0.533. The second-order valence-corrected chi connectivity index (χ2v) is 5.87. The minimum atomic E-state index is -0.385. The van der Waals surface area contributed by atoms with Crippen molar-refractivity contribution >= 4 is 11.6 Å². The van der Waals surface area contributed by atoms with Crippen molar-refractivity contribution in [3.63, 3.8) is 0 Å². The quantitative estimate of drug-likeness (QED) is 0.725. The number of hydrogen-bond acceptors (Lipinski definition) is 1. The number of carbonyl (C=O) groups excluding carboxylic acids is 1. The molecule has 0 aromatic heterocycles. The molecule has 0 radical (unpaired) electrons. The van der Waals surface area contributed by atoms with E-state index in [4.69, 9.17) is 0 Å². The molecule has 0 atom stereocenters. The Balaban J connectivity index is 2.68. The molecule has 0 unspecified atom stereocenters. The van der Waals surface area contributed by atoms with Gasteiger partial charge in [0.1, 0.15) is 0 Å². The van der Waals surface area contributed by atoms with Crippen molar-refractivity contribution < 1.29 is 4.79 Å². The number of nitrogens with zero attached hydrogens (tertiary/aromatic N) is 1. The number of fused-ring (bicyclic) bond motifs is 1. The van der Waals surface area contributed by atoms with Gasteiger partial charge in [0.05, 0.1) is 5.41 Å². The van der Waals surface area contributed by atoms with Crippen molar-refractivity contribution in [1.29, 1.82) is 0 Å². The summed E-state index contributed by atoms with van der Waals surface area (Å²) in [4.78, 5) is 14.0. The van der Waals surface area contributed by atoms with E-state index < -0.39 is 0 Å². The van der Waals surface area contributed by atoms with Gasteiger partial charge in [-0.05, 0) is 49.4 Å². The maximum absolute atomic E-state index is 12.2. The molecule has 0 aliphatic carbocycles. The molecule has 0 bridgehead atoms. The first-order valence-corrected chi connectivity index (χ1v) is 6.20. The first-order chi connectivity index (χ1) is 7.76. The van der Waals surface area contributed by atoms with Gasteiger partial charge in [0.15, 0.2) is 0 Å². The normalized spacial score (nSPS) is 17.8. The number of benzene rings is 1. The molecule has 2 nitrogen and oxygen atoms in total. The monoisotopic (exact) mass is 231 g/mol. The number of aryl methyl sites for hydroxylation is 1. The van der Waals surface area contributed by atoms with Crippen LogP contribution in [-0.4, -0.2) is 13.0 Å². The van der Waals surface area contributed by atoms with Gasteiger partial charge in [-0.25, -0.2) is 0 Å². The molecule has 0 saturated carbocycles. The first kappa shape index (κ1) is 12.2. The highest BCUT2D eigenvalue weighted by molar-refractivity contribution is 6.07. The average molecular weight is 231 g/mol. The van der Waals surface area contributed by atoms with Crippen LogP contribution in [0, 0.1) is 6.92 Å². The van der Waals surface area contributed by atoms with Crippen molar-refractivity contribution in [3.8, 4) is 0 Å². The van der Waals surface area contributed by atoms with E-state index in [-0.39, 0.29) is 11.3 Å². The van der Waals surface area contributed by atoms with Gasteiger partial charge in [0.2, 0.25) is 5.91 Å². The summed E-state index contributed by atoms with van der Waals surface area (Å²) in [7, 11) is 1.87. The molecule has 2 rings (SSSR count). The summed E-state index contributed by atoms with van der Waals surface area (Å²) in [6.45, 7) is 10.5. The van der Waals surface area contributed by atoms with Crippen molar-refractivity contribution in [2.45, 2.75) is 46.0 Å². The molecular formula is C15H21NO. The summed E-state index contributed by atoms with van der Waals surface area (Å²) in [6, 6.07) is 4.37. The van der Waals surface area contributed by atoms with Crippen molar-refractivity contribution in [1.82, 2.24) is 0 Å². The standard InChI is InChI=1S/C15H21NO/c1-9(2)11-8-13-12(7-10(11)3)15(4,5)14(17)16(13)6/h7-9H,1-6H3. The summed E-state index contributed by atoms with van der Waals surface area (Å²) < 4.78 is 0. The topological polar surface area (TPSA) is 20.3 Å². The smallest absolute Gasteiger partial charge is 0.236 e. The van der Waals surface area contributed by atoms with Crippen LogP contribution < -0.4 is 4.90 Å². The second-order valence-electron chi connectivity index (χ2n) is 5.87. The van der Waals surface area contributed by atoms with Crippen molar-refractivity contribution in [3.05, 3.63) is 28.8 Å². The van der Waals surface area contributed by atoms with E-state index in [1.807, 2.05) is 20.9 Å². The maximum Gasteiger partial charge on any atom is 0.236 e. The zero-order valence-corrected chi connectivity index (χ0v) is 11.6. The third kappa shape index (κ3) is 1.58. The van der Waals surface area contributed by atoms with Crippen LogP contribution in [0.15, 0.2) is 12.1 Å². The predicted octanol–water partition coefficient (Wildman–Crippen LogP) is 3.37. The SMILES string of the molecule is Cc1cc2c(cc1C(C)C)N(C)C(=O)C2(C)C. The van der Waals surface area contributed by atoms with Crippen molar-refractivity contribution in [2.24, 2.45) is 0 Å². The van der Waals surface area contributed by atoms with Gasteiger partial charge in [-0.3, -0.25) is 4.79 Å². The summed E-state index contributed by atoms with van der Waals surface area (Å²) in [6.07, 6.45) is 0. The van der Waals surface area contributed by atoms with Gasteiger partial charge in [-0.1, -0.05) is 19.9 Å². The third-order valence-corrected chi connectivity index (χ3v) is 3.88. The Morgan fingerprint density at radius 1 is 1.24 bits per heavy atom. The molecule has 2 heteroatoms. The van der Waals surface area contributed by atoms with E-state index in [9.17, 15) is 4.79 Å². The molecule has 1 aliphatic rings. The Bertz CT molecular complexity index is 486. The van der Waals surface area contributed by atoms with E-state index >= 15 is 0 Å². The molecule has 0 saturated heterocycles. The van der Waals surface area contributed by atoms with E-state index in [1.54, 1.807) is 4.90 Å². The lowest BCUT2D eigenvalue weighted by molar-refractivity contribution is -0.121. The molecule has 92 valence electrons. The number of anilines is 1. The minimum Gasteiger partial charge on any atom is -0.314 e.